The van der Waals surface area contributed by atoms with Crippen LogP contribution in [-0.4, -0.2) is 35.2 Å². The summed E-state index contributed by atoms with van der Waals surface area (Å²) in [5.41, 5.74) is 2.38. The Morgan fingerprint density at radius 2 is 1.97 bits per heavy atom. The van der Waals surface area contributed by atoms with Crippen molar-refractivity contribution in [1.82, 2.24) is 9.97 Å². The Hall–Kier alpha value is -2.74. The number of methoxy groups -OCH3 is 1. The van der Waals surface area contributed by atoms with Crippen LogP contribution in [-0.2, 0) is 4.79 Å². The molecule has 0 radical (unpaired) electrons. The van der Waals surface area contributed by atoms with Gasteiger partial charge in [-0.15, -0.1) is 0 Å². The lowest BCUT2D eigenvalue weighted by Gasteiger charge is -2.38. The molecule has 1 aromatic heterocycles. The van der Waals surface area contributed by atoms with Gasteiger partial charge in [-0.05, 0) is 42.9 Å². The summed E-state index contributed by atoms with van der Waals surface area (Å²) >= 11 is 1.52. The van der Waals surface area contributed by atoms with Crippen LogP contribution in [0, 0.1) is 5.41 Å². The highest BCUT2D eigenvalue weighted by Gasteiger charge is 2.42. The van der Waals surface area contributed by atoms with Gasteiger partial charge in [0.25, 0.3) is 5.56 Å². The third-order valence-corrected chi connectivity index (χ3v) is 7.04. The second-order valence-corrected chi connectivity index (χ2v) is 10.3. The van der Waals surface area contributed by atoms with Gasteiger partial charge in [0.1, 0.15) is 5.82 Å². The third kappa shape index (κ3) is 4.53. The first-order valence-electron chi connectivity index (χ1n) is 11.4. The Kier molecular flexibility index (Phi) is 6.56. The Balaban J connectivity index is 1.91. The third-order valence-electron chi connectivity index (χ3n) is 5.96. The maximum atomic E-state index is 13.4. The van der Waals surface area contributed by atoms with E-state index in [1.165, 1.54) is 11.8 Å². The molecule has 1 atom stereocenters. The first-order valence-corrected chi connectivity index (χ1v) is 12.4. The quantitative estimate of drug-likeness (QED) is 0.441. The van der Waals surface area contributed by atoms with Crippen molar-refractivity contribution in [2.75, 3.05) is 24.8 Å². The van der Waals surface area contributed by atoms with Crippen LogP contribution in [0.25, 0.3) is 0 Å². The number of ether oxygens (including phenoxy) is 2. The number of Topliss-reactive ketones (excluding diaryl/α,β-unsaturated/α-hetero) is 1. The van der Waals surface area contributed by atoms with Gasteiger partial charge in [0.15, 0.2) is 22.4 Å². The fourth-order valence-electron chi connectivity index (χ4n) is 4.63. The van der Waals surface area contributed by atoms with Crippen molar-refractivity contribution < 1.29 is 14.3 Å². The number of allylic oxidation sites excluding steroid dienone is 2. The molecule has 4 rings (SSSR count). The van der Waals surface area contributed by atoms with Crippen LogP contribution in [0.5, 0.6) is 11.5 Å². The fourth-order valence-corrected chi connectivity index (χ4v) is 5.35. The molecule has 0 fully saturated rings. The number of anilines is 1. The number of nitrogens with zero attached hydrogens (tertiary/aromatic N) is 1. The molecule has 7 nitrogen and oxygen atoms in total. The van der Waals surface area contributed by atoms with Gasteiger partial charge in [-0.3, -0.25) is 9.59 Å². The molecular formula is C25H31N3O4S. The van der Waals surface area contributed by atoms with E-state index in [2.05, 4.69) is 31.1 Å². The van der Waals surface area contributed by atoms with E-state index in [9.17, 15) is 9.59 Å². The van der Waals surface area contributed by atoms with Gasteiger partial charge >= 0.3 is 0 Å². The number of hydrogen-bond donors (Lipinski definition) is 2. The highest BCUT2D eigenvalue weighted by atomic mass is 32.2. The lowest BCUT2D eigenvalue weighted by atomic mass is 9.69. The summed E-state index contributed by atoms with van der Waals surface area (Å²) in [5.74, 6) is 2.12. The molecule has 176 valence electrons. The number of nitrogens with one attached hydrogen (secondary N) is 2. The van der Waals surface area contributed by atoms with Crippen molar-refractivity contribution in [3.63, 3.8) is 0 Å². The highest BCUT2D eigenvalue weighted by Crippen LogP contribution is 2.48. The molecule has 0 spiro atoms. The zero-order valence-corrected chi connectivity index (χ0v) is 20.6. The van der Waals surface area contributed by atoms with Crippen molar-refractivity contribution in [2.45, 2.75) is 58.0 Å². The number of thioether (sulfide) groups is 1. The molecule has 0 bridgehead atoms. The number of fused-ring (bicyclic) bond motifs is 1. The Labute approximate surface area is 198 Å². The second-order valence-electron chi connectivity index (χ2n) is 9.22. The maximum absolute atomic E-state index is 13.4. The average molecular weight is 470 g/mol. The molecule has 2 heterocycles. The normalized spacial score (nSPS) is 18.9. The van der Waals surface area contributed by atoms with Gasteiger partial charge in [-0.25, -0.2) is 4.98 Å². The van der Waals surface area contributed by atoms with Gasteiger partial charge in [0, 0.05) is 29.4 Å². The van der Waals surface area contributed by atoms with Crippen LogP contribution < -0.4 is 20.3 Å². The van der Waals surface area contributed by atoms with E-state index in [1.54, 1.807) is 7.11 Å². The van der Waals surface area contributed by atoms with E-state index in [0.29, 0.717) is 53.1 Å². The number of carbonyl (C=O) groups is 1. The lowest BCUT2D eigenvalue weighted by Crippen LogP contribution is -2.37. The van der Waals surface area contributed by atoms with Gasteiger partial charge in [0.2, 0.25) is 0 Å². The summed E-state index contributed by atoms with van der Waals surface area (Å²) < 4.78 is 11.2. The first kappa shape index (κ1) is 23.4. The van der Waals surface area contributed by atoms with Crippen LogP contribution in [0.2, 0.25) is 0 Å². The number of rotatable bonds is 7. The van der Waals surface area contributed by atoms with E-state index in [4.69, 9.17) is 14.5 Å². The summed E-state index contributed by atoms with van der Waals surface area (Å²) in [6, 6.07) is 5.61. The minimum atomic E-state index is -0.522. The largest absolute Gasteiger partial charge is 0.493 e. The average Bonchev–Trinajstić information content (AvgIpc) is 2.76. The molecule has 1 aromatic carbocycles. The molecule has 2 aliphatic rings. The van der Waals surface area contributed by atoms with Crippen molar-refractivity contribution >= 4 is 23.4 Å². The number of aromatic nitrogens is 2. The summed E-state index contributed by atoms with van der Waals surface area (Å²) in [4.78, 5) is 34.4. The predicted molar refractivity (Wildman–Crippen MR) is 131 cm³/mol. The second kappa shape index (κ2) is 9.25. The summed E-state index contributed by atoms with van der Waals surface area (Å²) in [5, 5.41) is 3.95. The molecule has 2 N–H and O–H groups in total. The molecule has 8 heteroatoms. The molecule has 33 heavy (non-hydrogen) atoms. The molecule has 1 aliphatic carbocycles. The first-order chi connectivity index (χ1) is 15.8. The van der Waals surface area contributed by atoms with Crippen LogP contribution in [0.3, 0.4) is 0 Å². The number of H-pyrrole nitrogens is 1. The maximum Gasteiger partial charge on any atom is 0.257 e. The van der Waals surface area contributed by atoms with Crippen LogP contribution >= 0.6 is 11.8 Å². The van der Waals surface area contributed by atoms with Gasteiger partial charge in [-0.1, -0.05) is 38.6 Å². The molecular weight excluding hydrogens is 438 g/mol. The van der Waals surface area contributed by atoms with E-state index < -0.39 is 5.92 Å². The number of ketones is 1. The zero-order valence-electron chi connectivity index (χ0n) is 19.8. The topological polar surface area (TPSA) is 93.3 Å². The summed E-state index contributed by atoms with van der Waals surface area (Å²) in [6.07, 6.45) is 2.12. The number of benzene rings is 1. The van der Waals surface area contributed by atoms with Crippen LogP contribution in [0.1, 0.15) is 64.0 Å². The van der Waals surface area contributed by atoms with Crippen LogP contribution in [0.15, 0.2) is 39.4 Å². The van der Waals surface area contributed by atoms with Gasteiger partial charge < -0.3 is 19.8 Å². The molecule has 2 aromatic rings. The van der Waals surface area contributed by atoms with Gasteiger partial charge in [0.05, 0.1) is 19.3 Å². The van der Waals surface area contributed by atoms with E-state index in [1.807, 2.05) is 25.1 Å². The minimum absolute atomic E-state index is 0.0566. The monoisotopic (exact) mass is 469 g/mol. The molecule has 0 saturated heterocycles. The Bertz CT molecular complexity index is 1170. The van der Waals surface area contributed by atoms with Crippen molar-refractivity contribution in [1.29, 1.82) is 0 Å². The van der Waals surface area contributed by atoms with Crippen molar-refractivity contribution in [3.8, 4) is 11.5 Å². The molecule has 1 unspecified atom stereocenters. The predicted octanol–water partition coefficient (Wildman–Crippen LogP) is 4.88. The van der Waals surface area contributed by atoms with E-state index in [-0.39, 0.29) is 16.8 Å². The minimum Gasteiger partial charge on any atom is -0.493 e. The smallest absolute Gasteiger partial charge is 0.257 e. The van der Waals surface area contributed by atoms with E-state index in [0.717, 1.165) is 23.4 Å². The number of aromatic amines is 1. The standard InChI is InChI=1S/C25H31N3O4S/c1-6-10-33-24-27-22-21(23(30)28-24)19(14-8-9-17(32-7-2)18(11-14)31-5)20-15(26-22)12-25(3,4)13-16(20)29/h8-9,11,19H,6-7,10,12-13H2,1-5H3,(H2,26,27,28,30). The molecule has 0 saturated carbocycles. The van der Waals surface area contributed by atoms with Crippen molar-refractivity contribution in [3.05, 3.63) is 50.9 Å². The Morgan fingerprint density at radius 1 is 1.18 bits per heavy atom. The summed E-state index contributed by atoms with van der Waals surface area (Å²) in [6.45, 7) is 8.69. The SMILES string of the molecule is CCCSc1nc2c(c(=O)[nH]1)C(c1ccc(OCC)c(OC)c1)C1=C(CC(C)(C)CC1=O)N2. The van der Waals surface area contributed by atoms with Crippen molar-refractivity contribution in [2.24, 2.45) is 5.41 Å². The highest BCUT2D eigenvalue weighted by molar-refractivity contribution is 7.99. The Morgan fingerprint density at radius 3 is 2.67 bits per heavy atom. The lowest BCUT2D eigenvalue weighted by molar-refractivity contribution is -0.118. The number of hydrogen-bond acceptors (Lipinski definition) is 7. The fraction of sp³-hybridized carbons (Fsp3) is 0.480. The van der Waals surface area contributed by atoms with Crippen LogP contribution in [0.4, 0.5) is 5.82 Å². The molecule has 1 aliphatic heterocycles. The molecule has 0 amide bonds. The van der Waals surface area contributed by atoms with Gasteiger partial charge in [-0.2, -0.15) is 0 Å². The number of carbonyl (C=O) groups excluding carboxylic acids is 1. The summed E-state index contributed by atoms with van der Waals surface area (Å²) in [7, 11) is 1.59. The zero-order chi connectivity index (χ0) is 23.8. The van der Waals surface area contributed by atoms with E-state index >= 15 is 0 Å².